The topological polar surface area (TPSA) is 178 Å². The van der Waals surface area contributed by atoms with E-state index < -0.39 is 67.7 Å². The summed E-state index contributed by atoms with van der Waals surface area (Å²) in [6, 6.07) is 0. The van der Waals surface area contributed by atoms with Gasteiger partial charge >= 0.3 is 0 Å². The molecule has 2 aliphatic heterocycles. The standard InChI is InChI=1S/C14H24FNO10/c1-6(19)16-14(23)11(13(15,22)9(5-18)25-12(14)21)26-10-3-7(20)2-8(4-17)24-10/h7-12,17-18,20-23H,2-5H2,1H3,(H,16,19)/t7-,8-,9+,10?,11-,12?,13+,14+/m0/s1. The molecule has 0 saturated carbocycles. The van der Waals surface area contributed by atoms with Crippen molar-refractivity contribution in [3.8, 4) is 0 Å². The third kappa shape index (κ3) is 4.13. The van der Waals surface area contributed by atoms with E-state index in [9.17, 15) is 34.7 Å². The fourth-order valence-electron chi connectivity index (χ4n) is 3.05. The highest BCUT2D eigenvalue weighted by Crippen LogP contribution is 2.39. The molecule has 0 aromatic rings. The second-order valence-electron chi connectivity index (χ2n) is 6.41. The van der Waals surface area contributed by atoms with Gasteiger partial charge in [-0.05, 0) is 0 Å². The van der Waals surface area contributed by atoms with Gasteiger partial charge in [0.15, 0.2) is 12.4 Å². The molecule has 0 radical (unpaired) electrons. The van der Waals surface area contributed by atoms with Crippen molar-refractivity contribution in [3.05, 3.63) is 0 Å². The van der Waals surface area contributed by atoms with E-state index in [4.69, 9.17) is 14.6 Å². The Morgan fingerprint density at radius 1 is 1.23 bits per heavy atom. The Balaban J connectivity index is 2.31. The number of hydrogen-bond donors (Lipinski definition) is 7. The van der Waals surface area contributed by atoms with Gasteiger partial charge in [-0.3, -0.25) is 4.79 Å². The molecular formula is C14H24FNO10. The van der Waals surface area contributed by atoms with E-state index in [0.29, 0.717) is 0 Å². The average Bonchev–Trinajstić information content (AvgIpc) is 2.54. The Kier molecular flexibility index (Phi) is 6.53. The largest absolute Gasteiger partial charge is 0.394 e. The molecule has 2 aliphatic rings. The van der Waals surface area contributed by atoms with Gasteiger partial charge in [0.05, 0.1) is 25.4 Å². The lowest BCUT2D eigenvalue weighted by Gasteiger charge is -2.51. The van der Waals surface area contributed by atoms with Crippen LogP contribution in [0.1, 0.15) is 19.8 Å². The van der Waals surface area contributed by atoms with Crippen LogP contribution in [0.2, 0.25) is 0 Å². The van der Waals surface area contributed by atoms with Gasteiger partial charge in [0, 0.05) is 19.8 Å². The summed E-state index contributed by atoms with van der Waals surface area (Å²) in [6.07, 6.45) is -9.94. The van der Waals surface area contributed by atoms with Gasteiger partial charge in [0.1, 0.15) is 6.10 Å². The number of hydrogen-bond acceptors (Lipinski definition) is 10. The molecule has 8 atom stereocenters. The lowest BCUT2D eigenvalue weighted by molar-refractivity contribution is -0.418. The molecule has 2 fully saturated rings. The van der Waals surface area contributed by atoms with Crippen LogP contribution in [0.15, 0.2) is 0 Å². The predicted octanol–water partition coefficient (Wildman–Crippen LogP) is -3.58. The highest BCUT2D eigenvalue weighted by molar-refractivity contribution is 5.73. The number of aliphatic hydroxyl groups excluding tert-OH is 4. The summed E-state index contributed by atoms with van der Waals surface area (Å²) in [4.78, 5) is 11.4. The maximum Gasteiger partial charge on any atom is 0.267 e. The molecule has 7 N–H and O–H groups in total. The van der Waals surface area contributed by atoms with E-state index in [1.165, 1.54) is 0 Å². The summed E-state index contributed by atoms with van der Waals surface area (Å²) in [7, 11) is 0. The van der Waals surface area contributed by atoms with Crippen LogP contribution in [0, 0.1) is 0 Å². The van der Waals surface area contributed by atoms with E-state index in [0.717, 1.165) is 6.92 Å². The van der Waals surface area contributed by atoms with E-state index in [2.05, 4.69) is 4.74 Å². The summed E-state index contributed by atoms with van der Waals surface area (Å²) in [5.41, 5.74) is -2.93. The maximum atomic E-state index is 14.9. The van der Waals surface area contributed by atoms with Gasteiger partial charge in [-0.15, -0.1) is 0 Å². The van der Waals surface area contributed by atoms with Gasteiger partial charge in [-0.25, -0.2) is 4.39 Å². The summed E-state index contributed by atoms with van der Waals surface area (Å²) in [5, 5.41) is 60.6. The number of halogens is 1. The van der Waals surface area contributed by atoms with Crippen molar-refractivity contribution in [1.29, 1.82) is 0 Å². The smallest absolute Gasteiger partial charge is 0.267 e. The molecule has 2 heterocycles. The lowest BCUT2D eigenvalue weighted by atomic mass is 9.90. The number of nitrogens with one attached hydrogen (secondary N) is 1. The second-order valence-corrected chi connectivity index (χ2v) is 6.41. The second kappa shape index (κ2) is 7.96. The quantitative estimate of drug-likeness (QED) is 0.234. The molecule has 0 aromatic heterocycles. The number of alkyl halides is 1. The first kappa shape index (κ1) is 21.3. The molecule has 0 bridgehead atoms. The molecule has 0 aromatic carbocycles. The number of ether oxygens (including phenoxy) is 3. The molecule has 12 heteroatoms. The number of aliphatic hydroxyl groups is 6. The molecule has 26 heavy (non-hydrogen) atoms. The normalized spacial score (nSPS) is 46.8. The molecule has 0 spiro atoms. The van der Waals surface area contributed by atoms with E-state index in [1.807, 2.05) is 5.32 Å². The Hall–Kier alpha value is -0.960. The monoisotopic (exact) mass is 385 g/mol. The Bertz CT molecular complexity index is 508. The van der Waals surface area contributed by atoms with Gasteiger partial charge in [0.25, 0.3) is 5.85 Å². The number of amides is 1. The Morgan fingerprint density at radius 3 is 2.42 bits per heavy atom. The first-order valence-electron chi connectivity index (χ1n) is 8.01. The van der Waals surface area contributed by atoms with Crippen molar-refractivity contribution in [2.75, 3.05) is 13.2 Å². The molecule has 0 aliphatic carbocycles. The maximum absolute atomic E-state index is 14.9. The summed E-state index contributed by atoms with van der Waals surface area (Å²) < 4.78 is 30.1. The SMILES string of the molecule is CC(=O)N[C@]1(O)C(O)O[C@H](CO)[C@](O)(F)[C@@H]1OC1C[C@@H](O)C[C@@H](CO)O1. The minimum atomic E-state index is -3.55. The zero-order chi connectivity index (χ0) is 19.7. The van der Waals surface area contributed by atoms with Crippen molar-refractivity contribution >= 4 is 5.91 Å². The van der Waals surface area contributed by atoms with Crippen LogP contribution in [-0.2, 0) is 19.0 Å². The van der Waals surface area contributed by atoms with E-state index >= 15 is 0 Å². The van der Waals surface area contributed by atoms with Crippen molar-refractivity contribution in [2.24, 2.45) is 0 Å². The van der Waals surface area contributed by atoms with Crippen LogP contribution in [-0.4, -0.2) is 98.3 Å². The third-order valence-electron chi connectivity index (χ3n) is 4.27. The predicted molar refractivity (Wildman–Crippen MR) is 78.7 cm³/mol. The zero-order valence-corrected chi connectivity index (χ0v) is 14.0. The Labute approximate surface area is 147 Å². The molecule has 2 saturated heterocycles. The molecule has 11 nitrogen and oxygen atoms in total. The highest BCUT2D eigenvalue weighted by Gasteiger charge is 2.66. The van der Waals surface area contributed by atoms with Gasteiger partial charge in [-0.2, -0.15) is 0 Å². The molecule has 2 unspecified atom stereocenters. The molecule has 2 rings (SSSR count). The van der Waals surface area contributed by atoms with Crippen LogP contribution in [0.25, 0.3) is 0 Å². The lowest BCUT2D eigenvalue weighted by Crippen LogP contribution is -2.77. The van der Waals surface area contributed by atoms with Crippen molar-refractivity contribution in [2.45, 2.75) is 68.3 Å². The van der Waals surface area contributed by atoms with Crippen LogP contribution >= 0.6 is 0 Å². The Morgan fingerprint density at radius 2 is 1.88 bits per heavy atom. The zero-order valence-electron chi connectivity index (χ0n) is 14.0. The van der Waals surface area contributed by atoms with Crippen LogP contribution in [0.5, 0.6) is 0 Å². The number of carbonyl (C=O) groups excluding carboxylic acids is 1. The van der Waals surface area contributed by atoms with Crippen LogP contribution in [0.4, 0.5) is 4.39 Å². The molecular weight excluding hydrogens is 361 g/mol. The minimum Gasteiger partial charge on any atom is -0.394 e. The third-order valence-corrected chi connectivity index (χ3v) is 4.27. The highest BCUT2D eigenvalue weighted by atomic mass is 19.2. The van der Waals surface area contributed by atoms with Crippen LogP contribution < -0.4 is 5.32 Å². The van der Waals surface area contributed by atoms with E-state index in [-0.39, 0.29) is 12.8 Å². The van der Waals surface area contributed by atoms with Crippen molar-refractivity contribution in [1.82, 2.24) is 5.32 Å². The number of rotatable bonds is 5. The van der Waals surface area contributed by atoms with Gasteiger partial charge in [0.2, 0.25) is 17.9 Å². The van der Waals surface area contributed by atoms with Gasteiger partial charge < -0.3 is 50.2 Å². The van der Waals surface area contributed by atoms with Gasteiger partial charge in [-0.1, -0.05) is 0 Å². The first-order valence-corrected chi connectivity index (χ1v) is 8.01. The fraction of sp³-hybridized carbons (Fsp3) is 0.929. The number of carbonyl (C=O) groups is 1. The molecule has 1 amide bonds. The minimum absolute atomic E-state index is 0.0852. The van der Waals surface area contributed by atoms with Crippen molar-refractivity contribution in [3.63, 3.8) is 0 Å². The fourth-order valence-corrected chi connectivity index (χ4v) is 3.05. The van der Waals surface area contributed by atoms with E-state index in [1.54, 1.807) is 0 Å². The van der Waals surface area contributed by atoms with Crippen LogP contribution in [0.3, 0.4) is 0 Å². The first-order chi connectivity index (χ1) is 12.0. The summed E-state index contributed by atoms with van der Waals surface area (Å²) in [5.74, 6) is -4.45. The summed E-state index contributed by atoms with van der Waals surface area (Å²) in [6.45, 7) is -0.588. The van der Waals surface area contributed by atoms with Crippen molar-refractivity contribution < 1.29 is 54.0 Å². The average molecular weight is 385 g/mol. The summed E-state index contributed by atoms with van der Waals surface area (Å²) >= 11 is 0. The molecule has 152 valence electrons.